The summed E-state index contributed by atoms with van der Waals surface area (Å²) in [4.78, 5) is 21.0. The number of likely N-dealkylation sites (N-methyl/N-ethyl adjacent to an activating group) is 1. The van der Waals surface area contributed by atoms with Crippen LogP contribution in [0.1, 0.15) is 10.4 Å². The molecule has 3 rings (SSSR count). The first-order valence-corrected chi connectivity index (χ1v) is 8.05. The van der Waals surface area contributed by atoms with Crippen LogP contribution in [-0.2, 0) is 0 Å². The van der Waals surface area contributed by atoms with E-state index in [1.807, 2.05) is 6.07 Å². The minimum absolute atomic E-state index is 0.0305. The average molecular weight is 349 g/mol. The highest BCUT2D eigenvalue weighted by Crippen LogP contribution is 2.21. The molecule has 1 aliphatic heterocycles. The Morgan fingerprint density at radius 1 is 1.21 bits per heavy atom. The van der Waals surface area contributed by atoms with Gasteiger partial charge in [0.1, 0.15) is 5.82 Å². The molecule has 2 heterocycles. The van der Waals surface area contributed by atoms with Crippen LogP contribution in [0.3, 0.4) is 0 Å². The van der Waals surface area contributed by atoms with Gasteiger partial charge >= 0.3 is 0 Å². The molecule has 1 saturated heterocycles. The maximum absolute atomic E-state index is 13.2. The normalized spacial score (nSPS) is 15.4. The summed E-state index contributed by atoms with van der Waals surface area (Å²) in [6, 6.07) is 5.89. The first-order chi connectivity index (χ1) is 11.5. The van der Waals surface area contributed by atoms with Gasteiger partial charge in [-0.1, -0.05) is 11.6 Å². The lowest BCUT2D eigenvalue weighted by Crippen LogP contribution is -2.44. The Kier molecular flexibility index (Phi) is 4.97. The number of hydrogen-bond donors (Lipinski definition) is 1. The van der Waals surface area contributed by atoms with Crippen molar-refractivity contribution < 1.29 is 9.18 Å². The topological polar surface area (TPSA) is 48.5 Å². The quantitative estimate of drug-likeness (QED) is 0.926. The van der Waals surface area contributed by atoms with Crippen molar-refractivity contribution in [2.45, 2.75) is 0 Å². The maximum Gasteiger partial charge on any atom is 0.257 e. The smallest absolute Gasteiger partial charge is 0.257 e. The van der Waals surface area contributed by atoms with E-state index < -0.39 is 5.82 Å². The molecule has 1 aromatic heterocycles. The highest BCUT2D eigenvalue weighted by Gasteiger charge is 2.16. The van der Waals surface area contributed by atoms with Crippen LogP contribution in [0.5, 0.6) is 0 Å². The summed E-state index contributed by atoms with van der Waals surface area (Å²) in [6.07, 6.45) is 3.27. The Bertz CT molecular complexity index is 747. The zero-order chi connectivity index (χ0) is 17.1. The van der Waals surface area contributed by atoms with Crippen LogP contribution in [0, 0.1) is 5.82 Å². The lowest BCUT2D eigenvalue weighted by molar-refractivity contribution is 0.102. The Balaban J connectivity index is 1.73. The molecule has 0 unspecified atom stereocenters. The Morgan fingerprint density at radius 2 is 1.96 bits per heavy atom. The molecule has 2 aromatic rings. The lowest BCUT2D eigenvalue weighted by atomic mass is 10.2. The molecule has 126 valence electrons. The first-order valence-electron chi connectivity index (χ1n) is 7.68. The summed E-state index contributed by atoms with van der Waals surface area (Å²) in [5, 5.41) is 2.68. The number of carbonyl (C=O) groups is 1. The summed E-state index contributed by atoms with van der Waals surface area (Å²) < 4.78 is 13.2. The van der Waals surface area contributed by atoms with Crippen LogP contribution in [0.25, 0.3) is 0 Å². The second-order valence-electron chi connectivity index (χ2n) is 5.81. The van der Waals surface area contributed by atoms with E-state index >= 15 is 0 Å². The standard InChI is InChI=1S/C17H18ClFN4O/c1-22-4-6-23(7-5-22)14-8-12(10-20-11-14)17(24)21-13-2-3-16(19)15(18)9-13/h2-3,8-11H,4-7H2,1H3,(H,21,24). The van der Waals surface area contributed by atoms with Crippen molar-refractivity contribution in [3.8, 4) is 0 Å². The molecule has 0 bridgehead atoms. The largest absolute Gasteiger partial charge is 0.368 e. The van der Waals surface area contributed by atoms with Crippen molar-refractivity contribution in [3.05, 3.63) is 53.1 Å². The van der Waals surface area contributed by atoms with Crippen LogP contribution in [-0.4, -0.2) is 49.0 Å². The molecule has 0 aliphatic carbocycles. The number of halogens is 2. The third-order valence-electron chi connectivity index (χ3n) is 4.03. The maximum atomic E-state index is 13.2. The molecule has 1 fully saturated rings. The highest BCUT2D eigenvalue weighted by molar-refractivity contribution is 6.31. The zero-order valence-electron chi connectivity index (χ0n) is 13.3. The van der Waals surface area contributed by atoms with Gasteiger partial charge in [-0.3, -0.25) is 9.78 Å². The molecule has 1 N–H and O–H groups in total. The molecular weight excluding hydrogens is 331 g/mol. The van der Waals surface area contributed by atoms with Crippen molar-refractivity contribution in [2.24, 2.45) is 0 Å². The summed E-state index contributed by atoms with van der Waals surface area (Å²) >= 11 is 5.73. The fraction of sp³-hybridized carbons (Fsp3) is 0.294. The van der Waals surface area contributed by atoms with Gasteiger partial charge in [-0.25, -0.2) is 4.39 Å². The monoisotopic (exact) mass is 348 g/mol. The molecular formula is C17H18ClFN4O. The number of rotatable bonds is 3. The van der Waals surface area contributed by atoms with E-state index in [1.165, 1.54) is 24.4 Å². The van der Waals surface area contributed by atoms with Crippen molar-refractivity contribution in [3.63, 3.8) is 0 Å². The number of amides is 1. The zero-order valence-corrected chi connectivity index (χ0v) is 14.1. The van der Waals surface area contributed by atoms with Gasteiger partial charge in [-0.15, -0.1) is 0 Å². The van der Waals surface area contributed by atoms with Crippen molar-refractivity contribution in [1.29, 1.82) is 0 Å². The van der Waals surface area contributed by atoms with Gasteiger partial charge in [0.25, 0.3) is 5.91 Å². The van der Waals surface area contributed by atoms with Crippen LogP contribution in [0.4, 0.5) is 15.8 Å². The number of pyridine rings is 1. The fourth-order valence-corrected chi connectivity index (χ4v) is 2.75. The van der Waals surface area contributed by atoms with Gasteiger partial charge in [-0.05, 0) is 31.3 Å². The van der Waals surface area contributed by atoms with Gasteiger partial charge in [0.2, 0.25) is 0 Å². The number of nitrogens with one attached hydrogen (secondary N) is 1. The Morgan fingerprint density at radius 3 is 2.67 bits per heavy atom. The van der Waals surface area contributed by atoms with E-state index in [0.717, 1.165) is 31.9 Å². The predicted octanol–water partition coefficient (Wildman–Crippen LogP) is 2.88. The second kappa shape index (κ2) is 7.15. The van der Waals surface area contributed by atoms with E-state index in [0.29, 0.717) is 11.3 Å². The number of carbonyl (C=O) groups excluding carboxylic acids is 1. The number of aromatic nitrogens is 1. The molecule has 0 radical (unpaired) electrons. The molecule has 0 spiro atoms. The fourth-order valence-electron chi connectivity index (χ4n) is 2.57. The number of piperazine rings is 1. The van der Waals surface area contributed by atoms with Crippen LogP contribution >= 0.6 is 11.6 Å². The average Bonchev–Trinajstić information content (AvgIpc) is 2.59. The van der Waals surface area contributed by atoms with E-state index in [2.05, 4.69) is 27.1 Å². The van der Waals surface area contributed by atoms with E-state index in [4.69, 9.17) is 11.6 Å². The molecule has 1 aliphatic rings. The van der Waals surface area contributed by atoms with Crippen molar-refractivity contribution >= 4 is 28.9 Å². The third kappa shape index (κ3) is 3.83. The van der Waals surface area contributed by atoms with E-state index in [-0.39, 0.29) is 10.9 Å². The molecule has 5 nitrogen and oxygen atoms in total. The lowest BCUT2D eigenvalue weighted by Gasteiger charge is -2.33. The van der Waals surface area contributed by atoms with Crippen molar-refractivity contribution in [1.82, 2.24) is 9.88 Å². The summed E-state index contributed by atoms with van der Waals surface area (Å²) in [5.74, 6) is -0.824. The summed E-state index contributed by atoms with van der Waals surface area (Å²) in [7, 11) is 2.09. The van der Waals surface area contributed by atoms with E-state index in [9.17, 15) is 9.18 Å². The van der Waals surface area contributed by atoms with E-state index in [1.54, 1.807) is 6.20 Å². The SMILES string of the molecule is CN1CCN(c2cncc(C(=O)Nc3ccc(F)c(Cl)c3)c2)CC1. The van der Waals surface area contributed by atoms with Crippen LogP contribution < -0.4 is 10.2 Å². The van der Waals surface area contributed by atoms with Crippen LogP contribution in [0.2, 0.25) is 5.02 Å². The van der Waals surface area contributed by atoms with Crippen LogP contribution in [0.15, 0.2) is 36.7 Å². The Labute approximate surface area is 145 Å². The minimum atomic E-state index is -0.520. The number of benzene rings is 1. The number of nitrogens with zero attached hydrogens (tertiary/aromatic N) is 3. The summed E-state index contributed by atoms with van der Waals surface area (Å²) in [5.41, 5.74) is 1.82. The molecule has 0 saturated carbocycles. The summed E-state index contributed by atoms with van der Waals surface area (Å²) in [6.45, 7) is 3.75. The van der Waals surface area contributed by atoms with Gasteiger partial charge in [0.15, 0.2) is 0 Å². The van der Waals surface area contributed by atoms with Crippen molar-refractivity contribution in [2.75, 3.05) is 43.4 Å². The van der Waals surface area contributed by atoms with Gasteiger partial charge in [-0.2, -0.15) is 0 Å². The van der Waals surface area contributed by atoms with Gasteiger partial charge in [0.05, 0.1) is 22.5 Å². The predicted molar refractivity (Wildman–Crippen MR) is 93.3 cm³/mol. The Hall–Kier alpha value is -2.18. The van der Waals surface area contributed by atoms with Gasteiger partial charge < -0.3 is 15.1 Å². The number of anilines is 2. The van der Waals surface area contributed by atoms with Gasteiger partial charge in [0, 0.05) is 38.1 Å². The molecule has 1 aromatic carbocycles. The second-order valence-corrected chi connectivity index (χ2v) is 6.21. The first kappa shape index (κ1) is 16.7. The minimum Gasteiger partial charge on any atom is -0.368 e. The molecule has 7 heteroatoms. The molecule has 1 amide bonds. The third-order valence-corrected chi connectivity index (χ3v) is 4.32. The molecule has 24 heavy (non-hydrogen) atoms. The number of hydrogen-bond acceptors (Lipinski definition) is 4. The highest BCUT2D eigenvalue weighted by atomic mass is 35.5. The molecule has 0 atom stereocenters.